The number of ketones is 1. The molecule has 0 saturated carbocycles. The van der Waals surface area contributed by atoms with E-state index in [9.17, 15) is 24.0 Å². The van der Waals surface area contributed by atoms with Crippen LogP contribution in [0.1, 0.15) is 46.0 Å². The number of ether oxygens (including phenoxy) is 2. The van der Waals surface area contributed by atoms with E-state index in [1.165, 1.54) is 6.92 Å². The predicted molar refractivity (Wildman–Crippen MR) is 97.4 cm³/mol. The summed E-state index contributed by atoms with van der Waals surface area (Å²) in [6.45, 7) is 6.02. The largest absolute Gasteiger partial charge is 0.462 e. The van der Waals surface area contributed by atoms with Gasteiger partial charge in [-0.3, -0.25) is 23.9 Å². The standard InChI is InChI=1S/C18H21N3O7/c1-5-27-17(25)14-9(2)15(19-10(14)3)16(24)11(4)28-13(23)8-21-7-6-12(22)20-18(21)26/h6-7,11,19H,5,8H2,1-4H3,(H,20,22,26)/t11-/m0/s1. The van der Waals surface area contributed by atoms with Gasteiger partial charge in [-0.1, -0.05) is 0 Å². The van der Waals surface area contributed by atoms with Crippen molar-refractivity contribution in [3.05, 3.63) is 55.6 Å². The summed E-state index contributed by atoms with van der Waals surface area (Å²) in [5.41, 5.74) is -0.0737. The number of rotatable bonds is 7. The molecule has 0 fully saturated rings. The number of nitrogens with one attached hydrogen (secondary N) is 2. The van der Waals surface area contributed by atoms with Crippen molar-refractivity contribution in [2.24, 2.45) is 0 Å². The van der Waals surface area contributed by atoms with Crippen molar-refractivity contribution in [2.45, 2.75) is 40.3 Å². The SMILES string of the molecule is CCOC(=O)c1c(C)[nH]c(C(=O)[C@H](C)OC(=O)Cn2ccc(=O)[nH]c2=O)c1C. The van der Waals surface area contributed by atoms with Gasteiger partial charge < -0.3 is 14.5 Å². The second kappa shape index (κ2) is 8.51. The lowest BCUT2D eigenvalue weighted by Gasteiger charge is -2.13. The summed E-state index contributed by atoms with van der Waals surface area (Å²) in [6, 6.07) is 1.09. The molecule has 2 N–H and O–H groups in total. The zero-order valence-electron chi connectivity index (χ0n) is 16.0. The highest BCUT2D eigenvalue weighted by Gasteiger charge is 2.27. The third-order valence-electron chi connectivity index (χ3n) is 4.04. The fraction of sp³-hybridized carbons (Fsp3) is 0.389. The molecule has 28 heavy (non-hydrogen) atoms. The first-order valence-corrected chi connectivity index (χ1v) is 8.55. The quantitative estimate of drug-likeness (QED) is 0.516. The van der Waals surface area contributed by atoms with Crippen LogP contribution in [0, 0.1) is 13.8 Å². The van der Waals surface area contributed by atoms with Crippen molar-refractivity contribution in [3.8, 4) is 0 Å². The minimum atomic E-state index is -1.15. The Morgan fingerprint density at radius 2 is 1.86 bits per heavy atom. The summed E-state index contributed by atoms with van der Waals surface area (Å²) in [7, 11) is 0. The van der Waals surface area contributed by atoms with Crippen molar-refractivity contribution in [1.29, 1.82) is 0 Å². The van der Waals surface area contributed by atoms with Gasteiger partial charge in [-0.2, -0.15) is 0 Å². The van der Waals surface area contributed by atoms with Crippen molar-refractivity contribution in [1.82, 2.24) is 14.5 Å². The van der Waals surface area contributed by atoms with Crippen LogP contribution in [0.3, 0.4) is 0 Å². The molecule has 0 aliphatic carbocycles. The van der Waals surface area contributed by atoms with E-state index in [1.807, 2.05) is 4.98 Å². The monoisotopic (exact) mass is 391 g/mol. The zero-order valence-corrected chi connectivity index (χ0v) is 16.0. The summed E-state index contributed by atoms with van der Waals surface area (Å²) in [5.74, 6) is -1.91. The molecule has 10 nitrogen and oxygen atoms in total. The maximum absolute atomic E-state index is 12.6. The third-order valence-corrected chi connectivity index (χ3v) is 4.04. The van der Waals surface area contributed by atoms with Crippen LogP contribution in [0.5, 0.6) is 0 Å². The number of hydrogen-bond acceptors (Lipinski definition) is 7. The number of hydrogen-bond donors (Lipinski definition) is 2. The van der Waals surface area contributed by atoms with Crippen molar-refractivity contribution in [2.75, 3.05) is 6.61 Å². The molecule has 0 aromatic carbocycles. The fourth-order valence-electron chi connectivity index (χ4n) is 2.70. The molecule has 0 spiro atoms. The average Bonchev–Trinajstić information content (AvgIpc) is 2.91. The molecule has 0 aliphatic rings. The molecule has 10 heteroatoms. The summed E-state index contributed by atoms with van der Waals surface area (Å²) in [4.78, 5) is 64.2. The van der Waals surface area contributed by atoms with E-state index in [2.05, 4.69) is 4.98 Å². The molecule has 0 unspecified atom stereocenters. The Bertz CT molecular complexity index is 1030. The molecule has 2 heterocycles. The Labute approximate surface area is 159 Å². The summed E-state index contributed by atoms with van der Waals surface area (Å²) < 4.78 is 11.0. The first-order valence-electron chi connectivity index (χ1n) is 8.55. The Morgan fingerprint density at radius 3 is 2.46 bits per heavy atom. The van der Waals surface area contributed by atoms with Gasteiger partial charge in [-0.05, 0) is 33.3 Å². The van der Waals surface area contributed by atoms with Crippen LogP contribution >= 0.6 is 0 Å². The summed E-state index contributed by atoms with van der Waals surface area (Å²) in [5, 5.41) is 0. The first kappa shape index (κ1) is 20.9. The van der Waals surface area contributed by atoms with Gasteiger partial charge >= 0.3 is 17.6 Å². The topological polar surface area (TPSA) is 140 Å². The van der Waals surface area contributed by atoms with Gasteiger partial charge in [0.05, 0.1) is 17.9 Å². The van der Waals surface area contributed by atoms with Gasteiger partial charge in [-0.15, -0.1) is 0 Å². The van der Waals surface area contributed by atoms with Gasteiger partial charge in [0.1, 0.15) is 6.54 Å². The molecular formula is C18H21N3O7. The number of Topliss-reactive ketones (excluding diaryl/α,β-unsaturated/α-hetero) is 1. The van der Waals surface area contributed by atoms with Gasteiger partial charge in [0.15, 0.2) is 6.10 Å². The highest BCUT2D eigenvalue weighted by Crippen LogP contribution is 2.21. The number of carbonyl (C=O) groups is 3. The zero-order chi connectivity index (χ0) is 21.0. The molecule has 0 aliphatic heterocycles. The molecule has 0 amide bonds. The van der Waals surface area contributed by atoms with Crippen LogP contribution in [0.2, 0.25) is 0 Å². The molecular weight excluding hydrogens is 370 g/mol. The first-order chi connectivity index (χ1) is 13.1. The molecule has 2 rings (SSSR count). The van der Waals surface area contributed by atoms with Crippen molar-refractivity contribution in [3.63, 3.8) is 0 Å². The number of nitrogens with zero attached hydrogens (tertiary/aromatic N) is 1. The van der Waals surface area contributed by atoms with E-state index in [0.29, 0.717) is 11.3 Å². The average molecular weight is 391 g/mol. The molecule has 150 valence electrons. The van der Waals surface area contributed by atoms with E-state index >= 15 is 0 Å². The van der Waals surface area contributed by atoms with Crippen molar-refractivity contribution >= 4 is 17.7 Å². The number of H-pyrrole nitrogens is 2. The lowest BCUT2D eigenvalue weighted by molar-refractivity contribution is -0.147. The number of esters is 2. The van der Waals surface area contributed by atoms with Crippen LogP contribution in [-0.4, -0.2) is 45.0 Å². The minimum Gasteiger partial charge on any atom is -0.462 e. The number of aryl methyl sites for hydroxylation is 1. The molecule has 0 radical (unpaired) electrons. The maximum atomic E-state index is 12.6. The second-order valence-electron chi connectivity index (χ2n) is 6.08. The molecule has 2 aromatic rings. The van der Waals surface area contributed by atoms with Crippen LogP contribution in [0.4, 0.5) is 0 Å². The van der Waals surface area contributed by atoms with Gasteiger partial charge in [-0.25, -0.2) is 9.59 Å². The maximum Gasteiger partial charge on any atom is 0.340 e. The lowest BCUT2D eigenvalue weighted by atomic mass is 10.1. The van der Waals surface area contributed by atoms with Gasteiger partial charge in [0, 0.05) is 18.0 Å². The van der Waals surface area contributed by atoms with Crippen LogP contribution in [0.15, 0.2) is 21.9 Å². The lowest BCUT2D eigenvalue weighted by Crippen LogP contribution is -2.33. The molecule has 1 atom stereocenters. The van der Waals surface area contributed by atoms with E-state index in [0.717, 1.165) is 16.8 Å². The highest BCUT2D eigenvalue weighted by molar-refractivity contribution is 6.03. The Hall–Kier alpha value is -3.43. The number of aromatic nitrogens is 3. The Balaban J connectivity index is 2.13. The minimum absolute atomic E-state index is 0.141. The highest BCUT2D eigenvalue weighted by atomic mass is 16.5. The Kier molecular flexibility index (Phi) is 6.34. The fourth-order valence-corrected chi connectivity index (χ4v) is 2.70. The van der Waals surface area contributed by atoms with E-state index in [1.54, 1.807) is 20.8 Å². The second-order valence-corrected chi connectivity index (χ2v) is 6.08. The molecule has 2 aromatic heterocycles. The summed E-state index contributed by atoms with van der Waals surface area (Å²) in [6.07, 6.45) is -0.00305. The van der Waals surface area contributed by atoms with E-state index in [4.69, 9.17) is 9.47 Å². The number of aromatic amines is 2. The van der Waals surface area contributed by atoms with Crippen LogP contribution in [-0.2, 0) is 20.8 Å². The van der Waals surface area contributed by atoms with Crippen LogP contribution in [0.25, 0.3) is 0 Å². The third kappa shape index (κ3) is 4.45. The van der Waals surface area contributed by atoms with E-state index in [-0.39, 0.29) is 17.9 Å². The molecule has 0 saturated heterocycles. The molecule has 0 bridgehead atoms. The number of carbonyl (C=O) groups excluding carboxylic acids is 3. The summed E-state index contributed by atoms with van der Waals surface area (Å²) >= 11 is 0. The van der Waals surface area contributed by atoms with E-state index < -0.39 is 41.6 Å². The van der Waals surface area contributed by atoms with Gasteiger partial charge in [0.25, 0.3) is 5.56 Å². The predicted octanol–water partition coefficient (Wildman–Crippen LogP) is 0.473. The normalized spacial score (nSPS) is 11.7. The van der Waals surface area contributed by atoms with Gasteiger partial charge in [0.2, 0.25) is 5.78 Å². The van der Waals surface area contributed by atoms with Crippen molar-refractivity contribution < 1.29 is 23.9 Å². The smallest absolute Gasteiger partial charge is 0.340 e. The Morgan fingerprint density at radius 1 is 1.18 bits per heavy atom. The van der Waals surface area contributed by atoms with Crippen LogP contribution < -0.4 is 11.2 Å².